The number of amides is 1. The van der Waals surface area contributed by atoms with Crippen LogP contribution in [0.5, 0.6) is 5.75 Å². The maximum Gasteiger partial charge on any atom is 0.333 e. The summed E-state index contributed by atoms with van der Waals surface area (Å²) in [6, 6.07) is 25.1. The predicted octanol–water partition coefficient (Wildman–Crippen LogP) is 4.47. The van der Waals surface area contributed by atoms with Crippen molar-refractivity contribution < 1.29 is 24.2 Å². The van der Waals surface area contributed by atoms with Crippen LogP contribution in [0.25, 0.3) is 11.1 Å². The second-order valence-electron chi connectivity index (χ2n) is 8.27. The lowest BCUT2D eigenvalue weighted by Gasteiger charge is -2.25. The molecule has 6 nitrogen and oxygen atoms in total. The Hall–Kier alpha value is -3.64. The van der Waals surface area contributed by atoms with E-state index in [0.717, 1.165) is 22.3 Å². The van der Waals surface area contributed by atoms with E-state index in [9.17, 15) is 9.59 Å². The number of hydrogen-bond acceptors (Lipinski definition) is 4. The molecule has 0 spiro atoms. The molecule has 0 saturated heterocycles. The van der Waals surface area contributed by atoms with Gasteiger partial charge in [-0.2, -0.15) is 0 Å². The quantitative estimate of drug-likeness (QED) is 0.479. The fourth-order valence-corrected chi connectivity index (χ4v) is 3.41. The molecule has 0 aliphatic carbocycles. The number of ether oxygens (including phenoxy) is 2. The van der Waals surface area contributed by atoms with Crippen molar-refractivity contribution in [3.63, 3.8) is 0 Å². The lowest BCUT2D eigenvalue weighted by atomic mass is 10.0. The summed E-state index contributed by atoms with van der Waals surface area (Å²) < 4.78 is 10.9. The van der Waals surface area contributed by atoms with Crippen LogP contribution in [-0.4, -0.2) is 35.8 Å². The van der Waals surface area contributed by atoms with E-state index in [1.54, 1.807) is 38.1 Å². The van der Waals surface area contributed by atoms with Crippen LogP contribution in [0.1, 0.15) is 25.0 Å². The Bertz CT molecular complexity index is 1080. The molecular weight excluding hydrogens is 418 g/mol. The van der Waals surface area contributed by atoms with Gasteiger partial charge in [0, 0.05) is 20.1 Å². The minimum atomic E-state index is -1.09. The van der Waals surface area contributed by atoms with Crippen LogP contribution in [-0.2, 0) is 27.3 Å². The molecule has 3 rings (SSSR count). The molecule has 0 unspecified atom stereocenters. The third-order valence-electron chi connectivity index (χ3n) is 5.31. The van der Waals surface area contributed by atoms with Gasteiger partial charge in [0.05, 0.1) is 0 Å². The van der Waals surface area contributed by atoms with E-state index in [1.807, 2.05) is 36.4 Å². The molecule has 3 aromatic rings. The molecule has 33 heavy (non-hydrogen) atoms. The highest BCUT2D eigenvalue weighted by Gasteiger charge is 2.29. The van der Waals surface area contributed by atoms with Gasteiger partial charge in [-0.15, -0.1) is 0 Å². The lowest BCUT2D eigenvalue weighted by molar-refractivity contribution is -0.148. The first-order valence-electron chi connectivity index (χ1n) is 10.7. The van der Waals surface area contributed by atoms with Gasteiger partial charge in [0.15, 0.2) is 11.7 Å². The normalized spacial score (nSPS) is 12.1. The van der Waals surface area contributed by atoms with E-state index in [1.165, 1.54) is 7.11 Å². The third-order valence-corrected chi connectivity index (χ3v) is 5.31. The zero-order chi connectivity index (χ0) is 23.8. The average Bonchev–Trinajstić information content (AvgIpc) is 2.82. The zero-order valence-electron chi connectivity index (χ0n) is 19.1. The standard InChI is InChI=1S/C27H29NO5/c1-27(2,33-23-14-12-19(13-15-23)17-24(32-3)25(29)30)26(31)28-18-20-8-7-11-22(16-20)21-9-5-4-6-10-21/h4-16,24H,17-18H2,1-3H3,(H,28,31)(H,29,30)/t24-/m0/s1. The number of benzene rings is 3. The van der Waals surface area contributed by atoms with E-state index < -0.39 is 17.7 Å². The van der Waals surface area contributed by atoms with Crippen LogP contribution in [0.4, 0.5) is 0 Å². The molecule has 1 atom stereocenters. The summed E-state index contributed by atoms with van der Waals surface area (Å²) >= 11 is 0. The van der Waals surface area contributed by atoms with Gasteiger partial charge in [-0.25, -0.2) is 4.79 Å². The summed E-state index contributed by atoms with van der Waals surface area (Å²) in [7, 11) is 1.37. The van der Waals surface area contributed by atoms with E-state index in [-0.39, 0.29) is 12.3 Å². The zero-order valence-corrected chi connectivity index (χ0v) is 19.1. The Morgan fingerprint density at radius 3 is 2.21 bits per heavy atom. The van der Waals surface area contributed by atoms with Gasteiger partial charge in [-0.3, -0.25) is 4.79 Å². The highest BCUT2D eigenvalue weighted by Crippen LogP contribution is 2.22. The molecule has 0 bridgehead atoms. The van der Waals surface area contributed by atoms with Crippen molar-refractivity contribution in [2.24, 2.45) is 0 Å². The summed E-state index contributed by atoms with van der Waals surface area (Å²) in [5.74, 6) is -0.721. The fourth-order valence-electron chi connectivity index (χ4n) is 3.41. The molecule has 0 radical (unpaired) electrons. The number of rotatable bonds is 10. The summed E-state index contributed by atoms with van der Waals surface area (Å²) in [4.78, 5) is 23.9. The minimum absolute atomic E-state index is 0.234. The van der Waals surface area contributed by atoms with Crippen molar-refractivity contribution in [1.82, 2.24) is 5.32 Å². The largest absolute Gasteiger partial charge is 0.479 e. The Morgan fingerprint density at radius 1 is 0.909 bits per heavy atom. The average molecular weight is 448 g/mol. The summed E-state index contributed by atoms with van der Waals surface area (Å²) in [6.45, 7) is 3.81. The van der Waals surface area contributed by atoms with Crippen molar-refractivity contribution in [2.75, 3.05) is 7.11 Å². The molecule has 0 fully saturated rings. The minimum Gasteiger partial charge on any atom is -0.479 e. The molecule has 172 valence electrons. The molecule has 2 N–H and O–H groups in total. The van der Waals surface area contributed by atoms with E-state index in [4.69, 9.17) is 14.6 Å². The van der Waals surface area contributed by atoms with Crippen molar-refractivity contribution in [3.8, 4) is 16.9 Å². The van der Waals surface area contributed by atoms with Gasteiger partial charge in [-0.05, 0) is 54.3 Å². The number of carboxylic acid groups (broad SMARTS) is 1. The first-order valence-corrected chi connectivity index (χ1v) is 10.7. The molecular formula is C27H29NO5. The summed E-state index contributed by atoms with van der Waals surface area (Å²) in [5.41, 5.74) is 2.93. The Balaban J connectivity index is 1.58. The molecule has 1 amide bonds. The Kier molecular flexibility index (Phi) is 7.85. The smallest absolute Gasteiger partial charge is 0.333 e. The number of carbonyl (C=O) groups is 2. The molecule has 0 aromatic heterocycles. The first-order chi connectivity index (χ1) is 15.8. The predicted molar refractivity (Wildman–Crippen MR) is 127 cm³/mol. The van der Waals surface area contributed by atoms with Gasteiger partial charge in [0.2, 0.25) is 0 Å². The maximum atomic E-state index is 12.8. The van der Waals surface area contributed by atoms with Gasteiger partial charge in [-0.1, -0.05) is 60.7 Å². The summed E-state index contributed by atoms with van der Waals surface area (Å²) in [6.07, 6.45) is -0.655. The van der Waals surface area contributed by atoms with E-state index in [2.05, 4.69) is 23.5 Å². The van der Waals surface area contributed by atoms with Crippen LogP contribution in [0.15, 0.2) is 78.9 Å². The number of aliphatic carboxylic acids is 1. The second kappa shape index (κ2) is 10.8. The molecule has 3 aromatic carbocycles. The second-order valence-corrected chi connectivity index (χ2v) is 8.27. The molecule has 0 saturated carbocycles. The number of carboxylic acids is 1. The topological polar surface area (TPSA) is 84.9 Å². The van der Waals surface area contributed by atoms with E-state index >= 15 is 0 Å². The molecule has 0 aliphatic rings. The van der Waals surface area contributed by atoms with Gasteiger partial charge >= 0.3 is 5.97 Å². The first kappa shape index (κ1) is 24.0. The monoisotopic (exact) mass is 447 g/mol. The fraction of sp³-hybridized carbons (Fsp3) is 0.259. The number of carbonyl (C=O) groups excluding carboxylic acids is 1. The number of methoxy groups -OCH3 is 1. The van der Waals surface area contributed by atoms with Crippen LogP contribution in [0, 0.1) is 0 Å². The van der Waals surface area contributed by atoms with Gasteiger partial charge < -0.3 is 19.9 Å². The Morgan fingerprint density at radius 2 is 1.58 bits per heavy atom. The highest BCUT2D eigenvalue weighted by atomic mass is 16.5. The van der Waals surface area contributed by atoms with Crippen LogP contribution >= 0.6 is 0 Å². The third kappa shape index (κ3) is 6.67. The molecule has 6 heteroatoms. The van der Waals surface area contributed by atoms with Gasteiger partial charge in [0.25, 0.3) is 5.91 Å². The molecule has 0 aliphatic heterocycles. The Labute approximate surface area is 194 Å². The van der Waals surface area contributed by atoms with Crippen molar-refractivity contribution in [3.05, 3.63) is 90.0 Å². The van der Waals surface area contributed by atoms with Crippen molar-refractivity contribution in [2.45, 2.75) is 38.5 Å². The lowest BCUT2D eigenvalue weighted by Crippen LogP contribution is -2.46. The maximum absolute atomic E-state index is 12.8. The van der Waals surface area contributed by atoms with Crippen LogP contribution in [0.2, 0.25) is 0 Å². The van der Waals surface area contributed by atoms with Crippen molar-refractivity contribution in [1.29, 1.82) is 0 Å². The highest BCUT2D eigenvalue weighted by molar-refractivity contribution is 5.84. The van der Waals surface area contributed by atoms with Crippen LogP contribution < -0.4 is 10.1 Å². The van der Waals surface area contributed by atoms with Crippen LogP contribution in [0.3, 0.4) is 0 Å². The van der Waals surface area contributed by atoms with Gasteiger partial charge in [0.1, 0.15) is 5.75 Å². The van der Waals surface area contributed by atoms with E-state index in [0.29, 0.717) is 12.3 Å². The number of nitrogens with one attached hydrogen (secondary N) is 1. The molecule has 0 heterocycles. The van der Waals surface area contributed by atoms with Crippen molar-refractivity contribution >= 4 is 11.9 Å². The number of hydrogen-bond donors (Lipinski definition) is 2. The summed E-state index contributed by atoms with van der Waals surface area (Å²) in [5, 5.41) is 12.1. The SMILES string of the molecule is CO[C@@H](Cc1ccc(OC(C)(C)C(=O)NCc2cccc(-c3ccccc3)c2)cc1)C(=O)O.